The van der Waals surface area contributed by atoms with E-state index >= 15 is 0 Å². The number of ether oxygens (including phenoxy) is 1. The van der Waals surface area contributed by atoms with E-state index in [9.17, 15) is 14.4 Å². The monoisotopic (exact) mass is 433 g/mol. The van der Waals surface area contributed by atoms with E-state index in [0.29, 0.717) is 32.7 Å². The smallest absolute Gasteiger partial charge is 0.325 e. The fourth-order valence-corrected chi connectivity index (χ4v) is 5.96. The van der Waals surface area contributed by atoms with Gasteiger partial charge in [0.1, 0.15) is 5.54 Å². The van der Waals surface area contributed by atoms with Gasteiger partial charge in [-0.2, -0.15) is 0 Å². The van der Waals surface area contributed by atoms with Gasteiger partial charge in [0.15, 0.2) is 0 Å². The number of carbonyl (C=O) groups is 3. The average molecular weight is 434 g/mol. The van der Waals surface area contributed by atoms with Crippen molar-refractivity contribution in [2.24, 2.45) is 5.92 Å². The number of rotatable bonds is 6. The van der Waals surface area contributed by atoms with E-state index in [-0.39, 0.29) is 29.9 Å². The maximum Gasteiger partial charge on any atom is 0.325 e. The van der Waals surface area contributed by atoms with E-state index in [1.807, 2.05) is 30.9 Å². The molecule has 0 radical (unpaired) electrons. The molecule has 1 N–H and O–H groups in total. The predicted octanol–water partition coefficient (Wildman–Crippen LogP) is 3.18. The average Bonchev–Trinajstić information content (AvgIpc) is 3.46. The van der Waals surface area contributed by atoms with Gasteiger partial charge in [-0.15, -0.1) is 11.3 Å². The van der Waals surface area contributed by atoms with Crippen molar-refractivity contribution in [2.45, 2.75) is 64.0 Å². The second-order valence-corrected chi connectivity index (χ2v) is 9.97. The lowest BCUT2D eigenvalue weighted by molar-refractivity contribution is -0.135. The SMILES string of the molecule is CCCC1(C2CCN(C(=O)c3ccc(C)s3)CC2)NC(=O)N(CC2CCCO2)C1=O. The highest BCUT2D eigenvalue weighted by Crippen LogP contribution is 2.38. The quantitative estimate of drug-likeness (QED) is 0.699. The van der Waals surface area contributed by atoms with Gasteiger partial charge >= 0.3 is 6.03 Å². The topological polar surface area (TPSA) is 79.0 Å². The lowest BCUT2D eigenvalue weighted by Gasteiger charge is -2.40. The Morgan fingerprint density at radius 1 is 1.27 bits per heavy atom. The molecule has 7 nitrogen and oxygen atoms in total. The largest absolute Gasteiger partial charge is 0.376 e. The standard InChI is InChI=1S/C22H31N3O4S/c1-3-10-22(20(27)25(21(28)23-22)14-17-5-4-13-29-17)16-8-11-24(12-9-16)19(26)18-7-6-15(2)30-18/h6-7,16-17H,3-5,8-14H2,1-2H3,(H,23,28). The summed E-state index contributed by atoms with van der Waals surface area (Å²) >= 11 is 1.52. The molecule has 1 aromatic rings. The van der Waals surface area contributed by atoms with Crippen molar-refractivity contribution in [3.05, 3.63) is 21.9 Å². The first-order valence-corrected chi connectivity index (χ1v) is 11.9. The van der Waals surface area contributed by atoms with Gasteiger partial charge in [0.2, 0.25) is 0 Å². The first-order chi connectivity index (χ1) is 14.4. The molecule has 0 saturated carbocycles. The van der Waals surface area contributed by atoms with Crippen LogP contribution in [0, 0.1) is 12.8 Å². The van der Waals surface area contributed by atoms with Crippen LogP contribution >= 0.6 is 11.3 Å². The molecule has 3 fully saturated rings. The van der Waals surface area contributed by atoms with Gasteiger partial charge in [0.05, 0.1) is 17.5 Å². The summed E-state index contributed by atoms with van der Waals surface area (Å²) in [5.41, 5.74) is -0.848. The fraction of sp³-hybridized carbons (Fsp3) is 0.682. The number of amides is 4. The van der Waals surface area contributed by atoms with Gasteiger partial charge in [-0.1, -0.05) is 13.3 Å². The summed E-state index contributed by atoms with van der Waals surface area (Å²) < 4.78 is 5.65. The third kappa shape index (κ3) is 3.87. The molecule has 164 valence electrons. The predicted molar refractivity (Wildman–Crippen MR) is 115 cm³/mol. The van der Waals surface area contributed by atoms with Crippen LogP contribution in [0.3, 0.4) is 0 Å². The first-order valence-electron chi connectivity index (χ1n) is 11.1. The minimum absolute atomic E-state index is 0.0394. The van der Waals surface area contributed by atoms with Gasteiger partial charge < -0.3 is 15.0 Å². The normalized spacial score (nSPS) is 27.7. The van der Waals surface area contributed by atoms with Crippen LogP contribution in [-0.4, -0.2) is 65.5 Å². The summed E-state index contributed by atoms with van der Waals surface area (Å²) in [6, 6.07) is 3.56. The van der Waals surface area contributed by atoms with Crippen LogP contribution in [0.2, 0.25) is 0 Å². The molecule has 1 aromatic heterocycles. The van der Waals surface area contributed by atoms with Crippen LogP contribution in [0.25, 0.3) is 0 Å². The van der Waals surface area contributed by atoms with E-state index in [0.717, 1.165) is 41.9 Å². The lowest BCUT2D eigenvalue weighted by Crippen LogP contribution is -2.56. The van der Waals surface area contributed by atoms with Gasteiger partial charge in [0, 0.05) is 24.6 Å². The Labute approximate surface area is 181 Å². The number of nitrogens with one attached hydrogen (secondary N) is 1. The number of hydrogen-bond acceptors (Lipinski definition) is 5. The summed E-state index contributed by atoms with van der Waals surface area (Å²) in [5.74, 6) is -0.00101. The van der Waals surface area contributed by atoms with Gasteiger partial charge in [-0.3, -0.25) is 14.5 Å². The van der Waals surface area contributed by atoms with Crippen molar-refractivity contribution in [1.29, 1.82) is 0 Å². The molecule has 4 rings (SSSR count). The van der Waals surface area contributed by atoms with Crippen molar-refractivity contribution >= 4 is 29.2 Å². The van der Waals surface area contributed by atoms with Crippen molar-refractivity contribution in [3.8, 4) is 0 Å². The van der Waals surface area contributed by atoms with Crippen LogP contribution in [0.15, 0.2) is 12.1 Å². The molecule has 0 spiro atoms. The van der Waals surface area contributed by atoms with Gasteiger partial charge in [-0.05, 0) is 57.1 Å². The molecule has 0 bridgehead atoms. The Bertz CT molecular complexity index is 811. The number of piperidine rings is 1. The van der Waals surface area contributed by atoms with Gasteiger partial charge in [0.25, 0.3) is 11.8 Å². The molecule has 0 aromatic carbocycles. The second kappa shape index (κ2) is 8.67. The van der Waals surface area contributed by atoms with Gasteiger partial charge in [-0.25, -0.2) is 4.79 Å². The Hall–Kier alpha value is -1.93. The van der Waals surface area contributed by atoms with Crippen LogP contribution in [-0.2, 0) is 9.53 Å². The molecule has 3 aliphatic rings. The zero-order valence-electron chi connectivity index (χ0n) is 17.8. The maximum absolute atomic E-state index is 13.5. The fourth-order valence-electron chi connectivity index (χ4n) is 5.13. The first kappa shape index (κ1) is 21.3. The molecule has 4 amide bonds. The summed E-state index contributed by atoms with van der Waals surface area (Å²) in [7, 11) is 0. The number of urea groups is 1. The van der Waals surface area contributed by atoms with E-state index in [1.165, 1.54) is 16.2 Å². The Morgan fingerprint density at radius 3 is 2.63 bits per heavy atom. The van der Waals surface area contributed by atoms with Crippen LogP contribution in [0.5, 0.6) is 0 Å². The summed E-state index contributed by atoms with van der Waals surface area (Å²) in [5, 5.41) is 3.07. The number of thiophene rings is 1. The van der Waals surface area contributed by atoms with E-state index in [1.54, 1.807) is 0 Å². The number of aryl methyl sites for hydroxylation is 1. The summed E-state index contributed by atoms with van der Waals surface area (Å²) in [6.45, 7) is 6.30. The third-order valence-electron chi connectivity index (χ3n) is 6.69. The van der Waals surface area contributed by atoms with E-state index < -0.39 is 5.54 Å². The lowest BCUT2D eigenvalue weighted by atomic mass is 9.74. The number of likely N-dealkylation sites (tertiary alicyclic amines) is 1. The molecule has 2 unspecified atom stereocenters. The minimum Gasteiger partial charge on any atom is -0.376 e. The zero-order valence-corrected chi connectivity index (χ0v) is 18.6. The van der Waals surface area contributed by atoms with E-state index in [4.69, 9.17) is 4.74 Å². The van der Waals surface area contributed by atoms with Crippen LogP contribution < -0.4 is 5.32 Å². The Kier molecular flexibility index (Phi) is 6.16. The molecular weight excluding hydrogens is 402 g/mol. The highest BCUT2D eigenvalue weighted by atomic mass is 32.1. The molecule has 8 heteroatoms. The van der Waals surface area contributed by atoms with Crippen molar-refractivity contribution in [1.82, 2.24) is 15.1 Å². The molecular formula is C22H31N3O4S. The number of nitrogens with zero attached hydrogens (tertiary/aromatic N) is 2. The Morgan fingerprint density at radius 2 is 2.03 bits per heavy atom. The van der Waals surface area contributed by atoms with E-state index in [2.05, 4.69) is 5.32 Å². The molecule has 0 aliphatic carbocycles. The Balaban J connectivity index is 1.45. The van der Waals surface area contributed by atoms with Crippen LogP contribution in [0.1, 0.15) is 60.0 Å². The number of imide groups is 1. The zero-order chi connectivity index (χ0) is 21.3. The van der Waals surface area contributed by atoms with Crippen molar-refractivity contribution in [2.75, 3.05) is 26.2 Å². The minimum atomic E-state index is -0.848. The molecule has 3 aliphatic heterocycles. The van der Waals surface area contributed by atoms with Crippen LogP contribution in [0.4, 0.5) is 4.79 Å². The highest BCUT2D eigenvalue weighted by Gasteiger charge is 2.55. The van der Waals surface area contributed by atoms with Crippen molar-refractivity contribution < 1.29 is 19.1 Å². The van der Waals surface area contributed by atoms with Crippen molar-refractivity contribution in [3.63, 3.8) is 0 Å². The summed E-state index contributed by atoms with van der Waals surface area (Å²) in [4.78, 5) is 44.1. The molecule has 3 saturated heterocycles. The molecule has 4 heterocycles. The molecule has 2 atom stereocenters. The summed E-state index contributed by atoms with van der Waals surface area (Å²) in [6.07, 6.45) is 4.69. The second-order valence-electron chi connectivity index (χ2n) is 8.68. The molecule has 30 heavy (non-hydrogen) atoms. The maximum atomic E-state index is 13.5. The highest BCUT2D eigenvalue weighted by molar-refractivity contribution is 7.13. The number of hydrogen-bond donors (Lipinski definition) is 1. The third-order valence-corrected chi connectivity index (χ3v) is 7.68. The number of carbonyl (C=O) groups excluding carboxylic acids is 3.